The molecule has 0 aromatic carbocycles. The van der Waals surface area contributed by atoms with Gasteiger partial charge in [0.25, 0.3) is 0 Å². The largest absolute Gasteiger partial charge is 0.260 e. The highest BCUT2D eigenvalue weighted by molar-refractivity contribution is 5.47. The number of aryl methyl sites for hydroxylation is 1. The zero-order valence-electron chi connectivity index (χ0n) is 16.1. The predicted molar refractivity (Wildman–Crippen MR) is 104 cm³/mol. The molecule has 0 saturated carbocycles. The van der Waals surface area contributed by atoms with Crippen molar-refractivity contribution in [2.24, 2.45) is 11.8 Å². The zero-order valence-corrected chi connectivity index (χ0v) is 16.1. The van der Waals surface area contributed by atoms with Crippen molar-refractivity contribution < 1.29 is 0 Å². The monoisotopic (exact) mass is 321 g/mol. The maximum atomic E-state index is 4.91. The van der Waals surface area contributed by atoms with Gasteiger partial charge in [-0.25, -0.2) is 0 Å². The molecule has 1 heteroatoms. The first-order chi connectivity index (χ1) is 11.4. The third-order valence-corrected chi connectivity index (χ3v) is 6.20. The molecular weight excluding hydrogens is 290 g/mol. The number of allylic oxidation sites excluding steroid dienone is 4. The number of nitrogens with zero attached hydrogens (tertiary/aromatic N) is 1. The van der Waals surface area contributed by atoms with E-state index in [-0.39, 0.29) is 0 Å². The summed E-state index contributed by atoms with van der Waals surface area (Å²) in [5.74, 6) is 1.85. The summed E-state index contributed by atoms with van der Waals surface area (Å²) in [7, 11) is 0. The molecule has 1 nitrogen and oxygen atoms in total. The summed E-state index contributed by atoms with van der Waals surface area (Å²) in [6, 6.07) is 0. The molecule has 3 unspecified atom stereocenters. The van der Waals surface area contributed by atoms with Gasteiger partial charge in [0.2, 0.25) is 0 Å². The van der Waals surface area contributed by atoms with E-state index in [1.54, 1.807) is 0 Å². The van der Waals surface area contributed by atoms with E-state index in [2.05, 4.69) is 66.0 Å². The highest BCUT2D eigenvalue weighted by Crippen LogP contribution is 2.34. The second-order valence-corrected chi connectivity index (χ2v) is 7.92. The van der Waals surface area contributed by atoms with Crippen molar-refractivity contribution in [1.29, 1.82) is 0 Å². The minimum absolute atomic E-state index is 0.439. The molecule has 0 amide bonds. The number of hydrogen-bond donors (Lipinski definition) is 0. The van der Waals surface area contributed by atoms with E-state index in [1.807, 2.05) is 0 Å². The third kappa shape index (κ3) is 3.01. The van der Waals surface area contributed by atoms with Gasteiger partial charge in [-0.2, -0.15) is 0 Å². The van der Waals surface area contributed by atoms with Crippen molar-refractivity contribution in [2.45, 2.75) is 66.7 Å². The molecule has 1 aromatic rings. The van der Waals surface area contributed by atoms with E-state index in [0.717, 1.165) is 18.8 Å². The minimum atomic E-state index is 0.439. The van der Waals surface area contributed by atoms with Gasteiger partial charge >= 0.3 is 0 Å². The Morgan fingerprint density at radius 1 is 1.17 bits per heavy atom. The van der Waals surface area contributed by atoms with Gasteiger partial charge in [0.05, 0.1) is 5.69 Å². The molecule has 0 fully saturated rings. The SMILES string of the molecule is CCC(C)C1C=c2c(C)cnc(C3CC(C)=CC(C)=C3C)c2=CC1. The Morgan fingerprint density at radius 3 is 2.62 bits per heavy atom. The fourth-order valence-electron chi connectivity index (χ4n) is 4.20. The summed E-state index contributed by atoms with van der Waals surface area (Å²) in [4.78, 5) is 4.91. The molecule has 0 N–H and O–H groups in total. The molecule has 0 saturated heterocycles. The highest BCUT2D eigenvalue weighted by atomic mass is 14.7. The normalized spacial score (nSPS) is 24.7. The van der Waals surface area contributed by atoms with Crippen LogP contribution in [0.25, 0.3) is 12.2 Å². The number of hydrogen-bond acceptors (Lipinski definition) is 1. The van der Waals surface area contributed by atoms with E-state index in [0.29, 0.717) is 11.8 Å². The average molecular weight is 322 g/mol. The van der Waals surface area contributed by atoms with Crippen LogP contribution < -0.4 is 10.4 Å². The van der Waals surface area contributed by atoms with Crippen LogP contribution in [0.5, 0.6) is 0 Å². The van der Waals surface area contributed by atoms with Gasteiger partial charge in [-0.05, 0) is 68.4 Å². The summed E-state index contributed by atoms with van der Waals surface area (Å²) >= 11 is 0. The van der Waals surface area contributed by atoms with E-state index in [1.165, 1.54) is 44.8 Å². The lowest BCUT2D eigenvalue weighted by molar-refractivity contribution is 0.443. The maximum absolute atomic E-state index is 4.91. The van der Waals surface area contributed by atoms with Gasteiger partial charge in [-0.1, -0.05) is 55.2 Å². The van der Waals surface area contributed by atoms with Crippen LogP contribution in [0.1, 0.15) is 71.1 Å². The van der Waals surface area contributed by atoms with Crippen LogP contribution >= 0.6 is 0 Å². The van der Waals surface area contributed by atoms with Gasteiger partial charge in [0.15, 0.2) is 0 Å². The summed E-state index contributed by atoms with van der Waals surface area (Å²) < 4.78 is 0. The molecule has 24 heavy (non-hydrogen) atoms. The van der Waals surface area contributed by atoms with Crippen molar-refractivity contribution in [2.75, 3.05) is 0 Å². The Bertz CT molecular complexity index is 822. The third-order valence-electron chi connectivity index (χ3n) is 6.20. The van der Waals surface area contributed by atoms with Gasteiger partial charge in [-0.3, -0.25) is 4.98 Å². The lowest BCUT2D eigenvalue weighted by Crippen LogP contribution is -2.38. The average Bonchev–Trinajstić information content (AvgIpc) is 2.58. The van der Waals surface area contributed by atoms with E-state index >= 15 is 0 Å². The Kier molecular flexibility index (Phi) is 4.80. The summed E-state index contributed by atoms with van der Waals surface area (Å²) in [6.45, 7) is 13.7. The molecule has 0 bridgehead atoms. The smallest absolute Gasteiger partial charge is 0.0553 e. The van der Waals surface area contributed by atoms with Crippen molar-refractivity contribution in [3.63, 3.8) is 0 Å². The molecule has 1 aromatic heterocycles. The van der Waals surface area contributed by atoms with E-state index in [4.69, 9.17) is 4.98 Å². The molecule has 0 aliphatic heterocycles. The molecule has 2 aliphatic carbocycles. The standard InChI is InChI=1S/C23H31N/c1-7-15(3)19-8-9-20-21(12-19)17(5)13-24-23(20)22-11-14(2)10-16(4)18(22)6/h9-10,12-13,15,19,22H,7-8,11H2,1-6H3. The zero-order chi connectivity index (χ0) is 17.4. The van der Waals surface area contributed by atoms with Crippen molar-refractivity contribution in [3.05, 3.63) is 50.7 Å². The molecule has 0 radical (unpaired) electrons. The first-order valence-electron chi connectivity index (χ1n) is 9.44. The molecule has 128 valence electrons. The van der Waals surface area contributed by atoms with Crippen LogP contribution in [-0.2, 0) is 0 Å². The van der Waals surface area contributed by atoms with Crippen molar-refractivity contribution in [3.8, 4) is 0 Å². The fraction of sp³-hybridized carbons (Fsp3) is 0.522. The number of pyridine rings is 1. The number of rotatable bonds is 3. The van der Waals surface area contributed by atoms with Gasteiger partial charge in [0, 0.05) is 12.1 Å². The fourth-order valence-corrected chi connectivity index (χ4v) is 4.20. The first kappa shape index (κ1) is 17.2. The van der Waals surface area contributed by atoms with E-state index < -0.39 is 0 Å². The van der Waals surface area contributed by atoms with Crippen LogP contribution in [0.2, 0.25) is 0 Å². The second-order valence-electron chi connectivity index (χ2n) is 7.92. The molecule has 1 heterocycles. The molecule has 3 rings (SSSR count). The molecule has 3 atom stereocenters. The summed E-state index contributed by atoms with van der Waals surface area (Å²) in [5.41, 5.74) is 6.98. The predicted octanol–water partition coefficient (Wildman–Crippen LogP) is 4.79. The minimum Gasteiger partial charge on any atom is -0.260 e. The Morgan fingerprint density at radius 2 is 1.92 bits per heavy atom. The van der Waals surface area contributed by atoms with Crippen molar-refractivity contribution in [1.82, 2.24) is 4.98 Å². The molecule has 2 aliphatic rings. The van der Waals surface area contributed by atoms with Crippen LogP contribution in [0.3, 0.4) is 0 Å². The second kappa shape index (κ2) is 6.70. The van der Waals surface area contributed by atoms with Gasteiger partial charge in [0.1, 0.15) is 0 Å². The van der Waals surface area contributed by atoms with Gasteiger partial charge < -0.3 is 0 Å². The van der Waals surface area contributed by atoms with Crippen LogP contribution in [-0.4, -0.2) is 4.98 Å². The summed E-state index contributed by atoms with van der Waals surface area (Å²) in [5, 5.41) is 2.84. The highest BCUT2D eigenvalue weighted by Gasteiger charge is 2.24. The van der Waals surface area contributed by atoms with Gasteiger partial charge in [-0.15, -0.1) is 0 Å². The van der Waals surface area contributed by atoms with Crippen LogP contribution in [0.15, 0.2) is 29.0 Å². The lowest BCUT2D eigenvalue weighted by Gasteiger charge is -2.26. The molecular formula is C23H31N. The quantitative estimate of drug-likeness (QED) is 0.780. The van der Waals surface area contributed by atoms with Crippen LogP contribution in [0.4, 0.5) is 0 Å². The number of fused-ring (bicyclic) bond motifs is 1. The topological polar surface area (TPSA) is 12.9 Å². The first-order valence-corrected chi connectivity index (χ1v) is 9.44. The lowest BCUT2D eigenvalue weighted by atomic mass is 9.79. The maximum Gasteiger partial charge on any atom is 0.0553 e. The summed E-state index contributed by atoms with van der Waals surface area (Å²) in [6.07, 6.45) is 12.9. The Balaban J connectivity index is 2.13. The van der Waals surface area contributed by atoms with E-state index in [9.17, 15) is 0 Å². The van der Waals surface area contributed by atoms with Crippen LogP contribution in [0, 0.1) is 18.8 Å². The Hall–Kier alpha value is -1.63. The number of aromatic nitrogens is 1. The van der Waals surface area contributed by atoms with Crippen molar-refractivity contribution >= 4 is 12.2 Å². The molecule has 0 spiro atoms. The Labute approximate surface area is 146 Å².